The molecule has 3 aliphatic carbocycles. The first-order valence-electron chi connectivity index (χ1n) is 8.02. The molecule has 4 atom stereocenters. The van der Waals surface area contributed by atoms with Crippen LogP contribution in [-0.2, 0) is 16.0 Å². The van der Waals surface area contributed by atoms with Crippen LogP contribution in [0.5, 0.6) is 0 Å². The molecule has 0 saturated heterocycles. The number of carbonyl (C=O) groups is 2. The zero-order valence-electron chi connectivity index (χ0n) is 13.1. The van der Waals surface area contributed by atoms with Crippen molar-refractivity contribution >= 4 is 11.9 Å². The van der Waals surface area contributed by atoms with Crippen molar-refractivity contribution in [1.29, 1.82) is 0 Å². The Kier molecular flexibility index (Phi) is 4.41. The van der Waals surface area contributed by atoms with Crippen molar-refractivity contribution in [3.8, 4) is 0 Å². The summed E-state index contributed by atoms with van der Waals surface area (Å²) in [5.41, 5.74) is 0.993. The summed E-state index contributed by atoms with van der Waals surface area (Å²) in [6, 6.07) is 0. The lowest BCUT2D eigenvalue weighted by atomic mass is 9.62. The number of nitrogens with zero attached hydrogens (tertiary/aromatic N) is 2. The van der Waals surface area contributed by atoms with Crippen molar-refractivity contribution in [2.24, 2.45) is 23.7 Å². The summed E-state index contributed by atoms with van der Waals surface area (Å²) in [5, 5.41) is 12.3. The number of carboxylic acids is 1. The lowest BCUT2D eigenvalue weighted by molar-refractivity contribution is -0.152. The molecule has 6 nitrogen and oxygen atoms in total. The first kappa shape index (κ1) is 15.6. The van der Waals surface area contributed by atoms with Crippen LogP contribution in [0.15, 0.2) is 24.5 Å². The third-order valence-electron chi connectivity index (χ3n) is 4.82. The normalized spacial score (nSPS) is 28.6. The molecule has 1 saturated carbocycles. The second-order valence-corrected chi connectivity index (χ2v) is 6.40. The molecule has 122 valence electrons. The number of aryl methyl sites for hydroxylation is 1. The van der Waals surface area contributed by atoms with E-state index in [1.807, 2.05) is 19.1 Å². The molecule has 0 aliphatic heterocycles. The number of hydrogen-bond acceptors (Lipinski definition) is 4. The van der Waals surface area contributed by atoms with Gasteiger partial charge < -0.3 is 10.4 Å². The number of carboxylic acid groups (broad SMARTS) is 1. The maximum atomic E-state index is 12.5. The van der Waals surface area contributed by atoms with E-state index in [0.29, 0.717) is 18.8 Å². The molecule has 1 fully saturated rings. The lowest BCUT2D eigenvalue weighted by Crippen LogP contribution is -2.49. The van der Waals surface area contributed by atoms with Crippen molar-refractivity contribution in [3.63, 3.8) is 0 Å². The van der Waals surface area contributed by atoms with Gasteiger partial charge >= 0.3 is 5.97 Å². The van der Waals surface area contributed by atoms with E-state index in [0.717, 1.165) is 18.4 Å². The highest BCUT2D eigenvalue weighted by Gasteiger charge is 2.47. The van der Waals surface area contributed by atoms with Crippen LogP contribution in [0.4, 0.5) is 0 Å². The van der Waals surface area contributed by atoms with Gasteiger partial charge in [-0.05, 0) is 37.2 Å². The second kappa shape index (κ2) is 6.48. The summed E-state index contributed by atoms with van der Waals surface area (Å²) >= 11 is 0. The predicted molar refractivity (Wildman–Crippen MR) is 83.5 cm³/mol. The van der Waals surface area contributed by atoms with Gasteiger partial charge in [0.1, 0.15) is 5.82 Å². The van der Waals surface area contributed by atoms with E-state index in [2.05, 4.69) is 15.3 Å². The number of nitrogens with one attached hydrogen (secondary N) is 1. The van der Waals surface area contributed by atoms with Crippen molar-refractivity contribution < 1.29 is 14.7 Å². The van der Waals surface area contributed by atoms with Gasteiger partial charge in [-0.1, -0.05) is 12.2 Å². The quantitative estimate of drug-likeness (QED) is 0.800. The summed E-state index contributed by atoms with van der Waals surface area (Å²) in [6.07, 6.45) is 9.77. The molecular weight excluding hydrogens is 294 g/mol. The van der Waals surface area contributed by atoms with Gasteiger partial charge in [-0.15, -0.1) is 0 Å². The molecular formula is C17H21N3O3. The van der Waals surface area contributed by atoms with Gasteiger partial charge in [0.25, 0.3) is 0 Å². The monoisotopic (exact) mass is 315 g/mol. The smallest absolute Gasteiger partial charge is 0.307 e. The van der Waals surface area contributed by atoms with Gasteiger partial charge in [-0.25, -0.2) is 9.97 Å². The number of amides is 1. The standard InChI is InChI=1S/C17H21N3O3/c1-10-8-19-13(20-9-10)6-7-18-16(21)14-11-2-4-12(5-3-11)15(14)17(22)23/h2,4,8-9,11-12,14-15H,3,5-7H2,1H3,(H,18,21)(H,22,23)/t11?,12?,14-,15+/m0/s1. The van der Waals surface area contributed by atoms with Gasteiger partial charge in [0.05, 0.1) is 11.8 Å². The molecule has 3 aliphatic rings. The number of aliphatic carboxylic acids is 1. The fraction of sp³-hybridized carbons (Fsp3) is 0.529. The predicted octanol–water partition coefficient (Wildman–Crippen LogP) is 1.36. The summed E-state index contributed by atoms with van der Waals surface area (Å²) in [6.45, 7) is 2.34. The molecule has 0 spiro atoms. The van der Waals surface area contributed by atoms with Crippen molar-refractivity contribution in [1.82, 2.24) is 15.3 Å². The molecule has 1 aromatic heterocycles. The van der Waals surface area contributed by atoms with E-state index in [4.69, 9.17) is 0 Å². The lowest BCUT2D eigenvalue weighted by Gasteiger charge is -2.41. The third kappa shape index (κ3) is 3.25. The SMILES string of the molecule is Cc1cnc(CCNC(=O)[C@H]2C3C=CC(CC3)[C@H]2C(=O)O)nc1. The van der Waals surface area contributed by atoms with Gasteiger partial charge in [-0.3, -0.25) is 9.59 Å². The van der Waals surface area contributed by atoms with Gasteiger partial charge in [0, 0.05) is 25.4 Å². The van der Waals surface area contributed by atoms with E-state index in [1.54, 1.807) is 12.4 Å². The molecule has 1 heterocycles. The number of rotatable bonds is 5. The Morgan fingerprint density at radius 2 is 1.78 bits per heavy atom. The highest BCUT2D eigenvalue weighted by Crippen LogP contribution is 2.44. The number of fused-ring (bicyclic) bond motifs is 2. The largest absolute Gasteiger partial charge is 0.481 e. The molecule has 4 rings (SSSR count). The molecule has 2 unspecified atom stereocenters. The molecule has 2 N–H and O–H groups in total. The topological polar surface area (TPSA) is 92.2 Å². The Bertz CT molecular complexity index is 626. The van der Waals surface area contributed by atoms with Gasteiger partial charge in [0.2, 0.25) is 5.91 Å². The van der Waals surface area contributed by atoms with Crippen LogP contribution in [-0.4, -0.2) is 33.5 Å². The highest BCUT2D eigenvalue weighted by atomic mass is 16.4. The maximum absolute atomic E-state index is 12.5. The van der Waals surface area contributed by atoms with Crippen LogP contribution in [0.1, 0.15) is 24.2 Å². The Morgan fingerprint density at radius 1 is 1.17 bits per heavy atom. The number of aromatic nitrogens is 2. The van der Waals surface area contributed by atoms with Crippen LogP contribution >= 0.6 is 0 Å². The molecule has 2 bridgehead atoms. The van der Waals surface area contributed by atoms with Crippen molar-refractivity contribution in [2.45, 2.75) is 26.2 Å². The zero-order valence-corrected chi connectivity index (χ0v) is 13.1. The fourth-order valence-corrected chi connectivity index (χ4v) is 3.65. The first-order valence-corrected chi connectivity index (χ1v) is 8.02. The number of carbonyl (C=O) groups excluding carboxylic acids is 1. The number of allylic oxidation sites excluding steroid dienone is 2. The molecule has 1 amide bonds. The molecule has 23 heavy (non-hydrogen) atoms. The van der Waals surface area contributed by atoms with Gasteiger partial charge in [0.15, 0.2) is 0 Å². The molecule has 6 heteroatoms. The highest BCUT2D eigenvalue weighted by molar-refractivity contribution is 5.86. The van der Waals surface area contributed by atoms with E-state index >= 15 is 0 Å². The maximum Gasteiger partial charge on any atom is 0.307 e. The Hall–Kier alpha value is -2.24. The van der Waals surface area contributed by atoms with E-state index < -0.39 is 17.8 Å². The van der Waals surface area contributed by atoms with E-state index in [9.17, 15) is 14.7 Å². The van der Waals surface area contributed by atoms with E-state index in [1.165, 1.54) is 0 Å². The van der Waals surface area contributed by atoms with Crippen molar-refractivity contribution in [2.75, 3.05) is 6.54 Å². The third-order valence-corrected chi connectivity index (χ3v) is 4.82. The summed E-state index contributed by atoms with van der Waals surface area (Å²) in [4.78, 5) is 32.5. The average Bonchev–Trinajstić information content (AvgIpc) is 2.56. The average molecular weight is 315 g/mol. The minimum Gasteiger partial charge on any atom is -0.481 e. The first-order chi connectivity index (χ1) is 11.1. The number of hydrogen-bond donors (Lipinski definition) is 2. The summed E-state index contributed by atoms with van der Waals surface area (Å²) in [7, 11) is 0. The van der Waals surface area contributed by atoms with Crippen LogP contribution < -0.4 is 5.32 Å². The Morgan fingerprint density at radius 3 is 2.35 bits per heavy atom. The van der Waals surface area contributed by atoms with E-state index in [-0.39, 0.29) is 17.7 Å². The van der Waals surface area contributed by atoms with Crippen LogP contribution in [0.2, 0.25) is 0 Å². The van der Waals surface area contributed by atoms with Crippen LogP contribution in [0.25, 0.3) is 0 Å². The van der Waals surface area contributed by atoms with Crippen LogP contribution in [0.3, 0.4) is 0 Å². The summed E-state index contributed by atoms with van der Waals surface area (Å²) < 4.78 is 0. The van der Waals surface area contributed by atoms with Crippen LogP contribution in [0, 0.1) is 30.6 Å². The summed E-state index contributed by atoms with van der Waals surface area (Å²) in [5.74, 6) is -1.40. The van der Waals surface area contributed by atoms with Crippen molar-refractivity contribution in [3.05, 3.63) is 35.9 Å². The molecule has 0 radical (unpaired) electrons. The minimum atomic E-state index is -0.869. The minimum absolute atomic E-state index is 0.0197. The van der Waals surface area contributed by atoms with Gasteiger partial charge in [-0.2, -0.15) is 0 Å². The zero-order chi connectivity index (χ0) is 16.4. The molecule has 0 aromatic carbocycles. The second-order valence-electron chi connectivity index (χ2n) is 6.40. The fourth-order valence-electron chi connectivity index (χ4n) is 3.65. The molecule has 1 aromatic rings. The Balaban J connectivity index is 1.60. The Labute approximate surface area is 135 Å².